The van der Waals surface area contributed by atoms with E-state index in [1.807, 2.05) is 0 Å². The van der Waals surface area contributed by atoms with Crippen molar-refractivity contribution in [3.05, 3.63) is 24.4 Å². The van der Waals surface area contributed by atoms with Gasteiger partial charge >= 0.3 is 5.97 Å². The van der Waals surface area contributed by atoms with Gasteiger partial charge in [-0.3, -0.25) is 19.2 Å². The van der Waals surface area contributed by atoms with Crippen LogP contribution in [-0.2, 0) is 42.9 Å². The lowest BCUT2D eigenvalue weighted by Gasteiger charge is -2.17. The van der Waals surface area contributed by atoms with Gasteiger partial charge in [0.25, 0.3) is 5.91 Å². The van der Waals surface area contributed by atoms with Crippen LogP contribution in [0.1, 0.15) is 33.1 Å². The van der Waals surface area contributed by atoms with E-state index in [-0.39, 0.29) is 56.7 Å². The van der Waals surface area contributed by atoms with Crippen molar-refractivity contribution in [2.75, 3.05) is 65.9 Å². The molecule has 40 heavy (non-hydrogen) atoms. The van der Waals surface area contributed by atoms with Crippen LogP contribution in [0.3, 0.4) is 0 Å². The van der Waals surface area contributed by atoms with Crippen molar-refractivity contribution in [2.24, 2.45) is 0 Å². The Morgan fingerprint density at radius 1 is 0.875 bits per heavy atom. The van der Waals surface area contributed by atoms with Crippen LogP contribution in [0.4, 0.5) is 0 Å². The number of rotatable bonds is 23. The molecule has 0 bridgehead atoms. The Kier molecular flexibility index (Phi) is 17.8. The van der Waals surface area contributed by atoms with Crippen LogP contribution in [0.15, 0.2) is 24.4 Å². The fourth-order valence-corrected chi connectivity index (χ4v) is 3.25. The second kappa shape index (κ2) is 20.6. The Morgan fingerprint density at radius 2 is 1.45 bits per heavy atom. The van der Waals surface area contributed by atoms with Crippen molar-refractivity contribution in [3.63, 3.8) is 0 Å². The van der Waals surface area contributed by atoms with Gasteiger partial charge in [-0.25, -0.2) is 4.79 Å². The highest BCUT2D eigenvalue weighted by atomic mass is 16.6. The maximum Gasteiger partial charge on any atom is 0.326 e. The van der Waals surface area contributed by atoms with Gasteiger partial charge in [0, 0.05) is 37.7 Å². The van der Waals surface area contributed by atoms with Gasteiger partial charge in [-0.2, -0.15) is 0 Å². The number of carbonyl (C=O) groups excluding carboxylic acids is 4. The third-order valence-corrected chi connectivity index (χ3v) is 5.55. The lowest BCUT2D eigenvalue weighted by atomic mass is 10.2. The highest BCUT2D eigenvalue weighted by Crippen LogP contribution is 2.12. The molecule has 1 rings (SSSR count). The van der Waals surface area contributed by atoms with Crippen molar-refractivity contribution < 1.29 is 48.0 Å². The summed E-state index contributed by atoms with van der Waals surface area (Å²) in [6.07, 6.45) is 3.52. The van der Waals surface area contributed by atoms with E-state index in [4.69, 9.17) is 24.1 Å². The number of allylic oxidation sites excluding steroid dienone is 1. The Hall–Kier alpha value is -3.33. The van der Waals surface area contributed by atoms with E-state index < -0.39 is 24.0 Å². The van der Waals surface area contributed by atoms with Gasteiger partial charge in [0.2, 0.25) is 17.7 Å². The summed E-state index contributed by atoms with van der Waals surface area (Å²) in [6.45, 7) is 10.1. The number of amides is 4. The molecule has 0 spiro atoms. The SMILES string of the molecule is C=C1C=CC(=O)N1CCC(=O)NCCOCCOCCOCCOCCC(=O)NC(C)C(=O)NC(CC)C(=O)O. The van der Waals surface area contributed by atoms with Gasteiger partial charge in [0.1, 0.15) is 12.1 Å². The highest BCUT2D eigenvalue weighted by Gasteiger charge is 2.22. The Bertz CT molecular complexity index is 862. The Labute approximate surface area is 234 Å². The maximum atomic E-state index is 12.0. The summed E-state index contributed by atoms with van der Waals surface area (Å²) >= 11 is 0. The first-order valence-electron chi connectivity index (χ1n) is 13.2. The zero-order valence-electron chi connectivity index (χ0n) is 23.3. The van der Waals surface area contributed by atoms with Crippen molar-refractivity contribution >= 4 is 29.6 Å². The van der Waals surface area contributed by atoms with Gasteiger partial charge < -0.3 is 44.9 Å². The summed E-state index contributed by atoms with van der Waals surface area (Å²) in [6, 6.07) is -1.86. The molecule has 0 aromatic carbocycles. The summed E-state index contributed by atoms with van der Waals surface area (Å²) in [4.78, 5) is 59.7. The lowest BCUT2D eigenvalue weighted by molar-refractivity contribution is -0.142. The van der Waals surface area contributed by atoms with E-state index in [0.717, 1.165) is 0 Å². The molecule has 0 saturated heterocycles. The largest absolute Gasteiger partial charge is 0.480 e. The third kappa shape index (κ3) is 15.3. The highest BCUT2D eigenvalue weighted by molar-refractivity contribution is 5.93. The zero-order chi connectivity index (χ0) is 29.8. The number of carbonyl (C=O) groups is 5. The summed E-state index contributed by atoms with van der Waals surface area (Å²) in [5, 5.41) is 16.6. The quantitative estimate of drug-likeness (QED) is 0.115. The Balaban J connectivity index is 1.87. The first kappa shape index (κ1) is 34.7. The lowest BCUT2D eigenvalue weighted by Crippen LogP contribution is -2.50. The fraction of sp³-hybridized carbons (Fsp3) is 0.654. The van der Waals surface area contributed by atoms with E-state index >= 15 is 0 Å². The van der Waals surface area contributed by atoms with Gasteiger partial charge in [-0.15, -0.1) is 0 Å². The molecule has 0 saturated carbocycles. The molecule has 2 unspecified atom stereocenters. The van der Waals surface area contributed by atoms with Crippen LogP contribution in [0.25, 0.3) is 0 Å². The maximum absolute atomic E-state index is 12.0. The van der Waals surface area contributed by atoms with Crippen molar-refractivity contribution in [2.45, 2.75) is 45.2 Å². The van der Waals surface area contributed by atoms with Gasteiger partial charge in [0.15, 0.2) is 0 Å². The van der Waals surface area contributed by atoms with Gasteiger partial charge in [0.05, 0.1) is 52.9 Å². The number of aliphatic carboxylic acids is 1. The molecule has 0 aromatic heterocycles. The minimum absolute atomic E-state index is 0.0496. The molecule has 4 amide bonds. The number of ether oxygens (including phenoxy) is 4. The summed E-state index contributed by atoms with van der Waals surface area (Å²) in [5.41, 5.74) is 0.583. The Morgan fingerprint density at radius 3 is 1.98 bits per heavy atom. The molecular formula is C26H42N4O10. The number of nitrogens with one attached hydrogen (secondary N) is 3. The first-order chi connectivity index (χ1) is 19.1. The standard InChI is InChI=1S/C26H42N4O10/c1-4-21(26(35)36)29-25(34)20(3)28-23(32)8-11-37-13-15-39-17-18-40-16-14-38-12-9-27-22(31)7-10-30-19(2)5-6-24(30)33/h5-6,20-21H,2,4,7-18H2,1,3H3,(H,27,31)(H,28,32)(H,29,34)(H,35,36). The summed E-state index contributed by atoms with van der Waals surface area (Å²) < 4.78 is 21.5. The molecular weight excluding hydrogens is 528 g/mol. The topological polar surface area (TPSA) is 182 Å². The monoisotopic (exact) mass is 570 g/mol. The molecule has 0 aliphatic carbocycles. The number of carboxylic acids is 1. The van der Waals surface area contributed by atoms with E-state index in [1.54, 1.807) is 13.0 Å². The normalized spacial score (nSPS) is 14.2. The molecule has 226 valence electrons. The minimum Gasteiger partial charge on any atom is -0.480 e. The van der Waals surface area contributed by atoms with Crippen molar-refractivity contribution in [3.8, 4) is 0 Å². The van der Waals surface area contributed by atoms with Crippen LogP contribution in [0.2, 0.25) is 0 Å². The molecule has 14 heteroatoms. The van der Waals surface area contributed by atoms with Gasteiger partial charge in [-0.05, 0) is 19.4 Å². The number of hydrogen-bond acceptors (Lipinski definition) is 9. The first-order valence-corrected chi connectivity index (χ1v) is 13.2. The predicted octanol–water partition coefficient (Wildman–Crippen LogP) is -0.655. The minimum atomic E-state index is -1.13. The molecule has 1 aliphatic rings. The second-order valence-electron chi connectivity index (χ2n) is 8.71. The summed E-state index contributed by atoms with van der Waals surface area (Å²) in [5.74, 6) is -2.42. The predicted molar refractivity (Wildman–Crippen MR) is 143 cm³/mol. The average molecular weight is 571 g/mol. The second-order valence-corrected chi connectivity index (χ2v) is 8.71. The average Bonchev–Trinajstić information content (AvgIpc) is 3.24. The molecule has 2 atom stereocenters. The van der Waals surface area contributed by atoms with E-state index in [0.29, 0.717) is 51.9 Å². The number of carboxylic acid groups (broad SMARTS) is 1. The van der Waals surface area contributed by atoms with E-state index in [1.165, 1.54) is 17.9 Å². The van der Waals surface area contributed by atoms with E-state index in [2.05, 4.69) is 22.5 Å². The van der Waals surface area contributed by atoms with Crippen LogP contribution in [0, 0.1) is 0 Å². The third-order valence-electron chi connectivity index (χ3n) is 5.55. The molecule has 1 heterocycles. The molecule has 0 radical (unpaired) electrons. The van der Waals surface area contributed by atoms with Crippen molar-refractivity contribution in [1.29, 1.82) is 0 Å². The number of hydrogen-bond donors (Lipinski definition) is 4. The molecule has 1 aliphatic heterocycles. The smallest absolute Gasteiger partial charge is 0.326 e. The molecule has 0 fully saturated rings. The molecule has 14 nitrogen and oxygen atoms in total. The van der Waals surface area contributed by atoms with Crippen LogP contribution < -0.4 is 16.0 Å². The van der Waals surface area contributed by atoms with Gasteiger partial charge in [-0.1, -0.05) is 13.5 Å². The fourth-order valence-electron chi connectivity index (χ4n) is 3.25. The van der Waals surface area contributed by atoms with E-state index in [9.17, 15) is 24.0 Å². The van der Waals surface area contributed by atoms with Crippen molar-refractivity contribution in [1.82, 2.24) is 20.9 Å². The molecule has 0 aromatic rings. The van der Waals surface area contributed by atoms with Crippen LogP contribution >= 0.6 is 0 Å². The van der Waals surface area contributed by atoms with Crippen LogP contribution in [-0.4, -0.2) is 118 Å². The summed E-state index contributed by atoms with van der Waals surface area (Å²) in [7, 11) is 0. The number of nitrogens with zero attached hydrogens (tertiary/aromatic N) is 1. The van der Waals surface area contributed by atoms with Crippen LogP contribution in [0.5, 0.6) is 0 Å². The zero-order valence-corrected chi connectivity index (χ0v) is 23.3. The molecule has 4 N–H and O–H groups in total.